The van der Waals surface area contributed by atoms with Gasteiger partial charge in [-0.1, -0.05) is 12.8 Å². The van der Waals surface area contributed by atoms with Gasteiger partial charge in [0.2, 0.25) is 5.91 Å². The molecule has 1 amide bonds. The highest BCUT2D eigenvalue weighted by Gasteiger charge is 2.43. The molecule has 126 valence electrons. The van der Waals surface area contributed by atoms with Crippen LogP contribution in [0.4, 0.5) is 0 Å². The van der Waals surface area contributed by atoms with Gasteiger partial charge in [-0.05, 0) is 37.2 Å². The van der Waals surface area contributed by atoms with Crippen molar-refractivity contribution in [2.75, 3.05) is 51.4 Å². The Morgan fingerprint density at radius 3 is 2.64 bits per heavy atom. The number of thioether (sulfide) groups is 1. The smallest absolute Gasteiger partial charge is 0.224 e. The van der Waals surface area contributed by atoms with E-state index in [1.54, 1.807) is 0 Å². The fourth-order valence-electron chi connectivity index (χ4n) is 4.50. The third-order valence-electron chi connectivity index (χ3n) is 5.74. The first kappa shape index (κ1) is 16.6. The molecule has 0 spiro atoms. The van der Waals surface area contributed by atoms with Crippen molar-refractivity contribution in [2.24, 2.45) is 5.92 Å². The summed E-state index contributed by atoms with van der Waals surface area (Å²) in [4.78, 5) is 17.6. The number of carbonyl (C=O) groups excluding carboxylic acids is 1. The molecule has 0 N–H and O–H groups in total. The van der Waals surface area contributed by atoms with Crippen LogP contribution in [-0.4, -0.2) is 72.6 Å². The first-order valence-electron chi connectivity index (χ1n) is 8.83. The number of carbonyl (C=O) groups is 1. The highest BCUT2D eigenvalue weighted by molar-refractivity contribution is 7.98. The van der Waals surface area contributed by atoms with E-state index in [1.807, 2.05) is 11.8 Å². The molecule has 4 nitrogen and oxygen atoms in total. The molecule has 0 aromatic rings. The van der Waals surface area contributed by atoms with Crippen LogP contribution in [0.5, 0.6) is 0 Å². The maximum absolute atomic E-state index is 12.9. The van der Waals surface area contributed by atoms with Gasteiger partial charge in [-0.15, -0.1) is 0 Å². The lowest BCUT2D eigenvalue weighted by Crippen LogP contribution is -2.54. The monoisotopic (exact) mass is 326 g/mol. The number of rotatable bonds is 5. The Labute approximate surface area is 138 Å². The van der Waals surface area contributed by atoms with Crippen molar-refractivity contribution >= 4 is 17.7 Å². The van der Waals surface area contributed by atoms with E-state index in [2.05, 4.69) is 16.1 Å². The molecule has 0 bridgehead atoms. The number of morpholine rings is 1. The molecule has 5 heteroatoms. The van der Waals surface area contributed by atoms with Crippen LogP contribution in [0.15, 0.2) is 0 Å². The van der Waals surface area contributed by atoms with Crippen LogP contribution in [0.1, 0.15) is 38.5 Å². The van der Waals surface area contributed by atoms with Gasteiger partial charge in [-0.3, -0.25) is 9.69 Å². The summed E-state index contributed by atoms with van der Waals surface area (Å²) in [7, 11) is 0. The zero-order valence-corrected chi connectivity index (χ0v) is 14.7. The quantitative estimate of drug-likeness (QED) is 0.776. The minimum atomic E-state index is 0.137. The van der Waals surface area contributed by atoms with Crippen molar-refractivity contribution in [3.63, 3.8) is 0 Å². The summed E-state index contributed by atoms with van der Waals surface area (Å²) >= 11 is 1.91. The summed E-state index contributed by atoms with van der Waals surface area (Å²) in [6.07, 6.45) is 9.04. The van der Waals surface area contributed by atoms with Crippen molar-refractivity contribution in [3.8, 4) is 0 Å². The first-order valence-corrected chi connectivity index (χ1v) is 10.2. The van der Waals surface area contributed by atoms with Crippen LogP contribution < -0.4 is 0 Å². The van der Waals surface area contributed by atoms with Crippen LogP contribution in [0.3, 0.4) is 0 Å². The molecule has 2 aliphatic heterocycles. The molecule has 3 fully saturated rings. The summed E-state index contributed by atoms with van der Waals surface area (Å²) in [5, 5.41) is 0. The molecule has 22 heavy (non-hydrogen) atoms. The molecule has 2 heterocycles. The Morgan fingerprint density at radius 1 is 1.23 bits per heavy atom. The number of likely N-dealkylation sites (tertiary alicyclic amines) is 1. The molecule has 0 aromatic carbocycles. The van der Waals surface area contributed by atoms with E-state index in [0.717, 1.165) is 45.8 Å². The van der Waals surface area contributed by atoms with Crippen molar-refractivity contribution in [1.82, 2.24) is 9.80 Å². The Kier molecular flexibility index (Phi) is 5.69. The van der Waals surface area contributed by atoms with Gasteiger partial charge in [0.15, 0.2) is 0 Å². The summed E-state index contributed by atoms with van der Waals surface area (Å²) in [5.74, 6) is 2.30. The molecule has 1 saturated carbocycles. The van der Waals surface area contributed by atoms with Gasteiger partial charge in [0.25, 0.3) is 0 Å². The molecular formula is C17H30N2O2S. The predicted octanol–water partition coefficient (Wildman–Crippen LogP) is 2.23. The normalized spacial score (nSPS) is 29.1. The summed E-state index contributed by atoms with van der Waals surface area (Å²) in [6.45, 7) is 5.62. The highest BCUT2D eigenvalue weighted by atomic mass is 32.2. The molecule has 1 atom stereocenters. The second-order valence-electron chi connectivity index (χ2n) is 7.16. The van der Waals surface area contributed by atoms with Crippen molar-refractivity contribution in [3.05, 3.63) is 0 Å². The van der Waals surface area contributed by atoms with Crippen molar-refractivity contribution < 1.29 is 9.53 Å². The largest absolute Gasteiger partial charge is 0.379 e. The third-order valence-corrected chi connectivity index (χ3v) is 6.54. The molecule has 1 aliphatic carbocycles. The van der Waals surface area contributed by atoms with E-state index in [-0.39, 0.29) is 5.54 Å². The van der Waals surface area contributed by atoms with Gasteiger partial charge < -0.3 is 9.64 Å². The zero-order chi connectivity index (χ0) is 15.4. The molecule has 3 aliphatic rings. The van der Waals surface area contributed by atoms with Gasteiger partial charge in [-0.25, -0.2) is 0 Å². The van der Waals surface area contributed by atoms with Crippen LogP contribution in [0, 0.1) is 5.92 Å². The molecule has 1 unspecified atom stereocenters. The Balaban J connectivity index is 1.60. The lowest BCUT2D eigenvalue weighted by Gasteiger charge is -2.43. The van der Waals surface area contributed by atoms with Gasteiger partial charge >= 0.3 is 0 Å². The SMILES string of the molecule is CSCC1CCN(C(=O)CC2(N3CCOCC3)CCCC2)C1. The lowest BCUT2D eigenvalue weighted by molar-refractivity contribution is -0.134. The van der Waals surface area contributed by atoms with Crippen LogP contribution >= 0.6 is 11.8 Å². The van der Waals surface area contributed by atoms with E-state index in [1.165, 1.54) is 37.9 Å². The number of nitrogens with zero attached hydrogens (tertiary/aromatic N) is 2. The third kappa shape index (κ3) is 3.62. The van der Waals surface area contributed by atoms with E-state index >= 15 is 0 Å². The Morgan fingerprint density at radius 2 is 1.95 bits per heavy atom. The highest BCUT2D eigenvalue weighted by Crippen LogP contribution is 2.39. The zero-order valence-electron chi connectivity index (χ0n) is 13.9. The first-order chi connectivity index (χ1) is 10.7. The van der Waals surface area contributed by atoms with Crippen LogP contribution in [-0.2, 0) is 9.53 Å². The van der Waals surface area contributed by atoms with Crippen molar-refractivity contribution in [1.29, 1.82) is 0 Å². The minimum Gasteiger partial charge on any atom is -0.379 e. The minimum absolute atomic E-state index is 0.137. The standard InChI is InChI=1S/C17H30N2O2S/c1-22-14-15-4-7-18(13-15)16(20)12-17(5-2-3-6-17)19-8-10-21-11-9-19/h15H,2-14H2,1H3. The Hall–Kier alpha value is -0.260. The molecule has 3 rings (SSSR count). The molecular weight excluding hydrogens is 296 g/mol. The number of ether oxygens (including phenoxy) is 1. The predicted molar refractivity (Wildman–Crippen MR) is 91.3 cm³/mol. The van der Waals surface area contributed by atoms with Gasteiger partial charge in [-0.2, -0.15) is 11.8 Å². The fourth-order valence-corrected chi connectivity index (χ4v) is 5.24. The van der Waals surface area contributed by atoms with Crippen molar-refractivity contribution in [2.45, 2.75) is 44.1 Å². The van der Waals surface area contributed by atoms with Gasteiger partial charge in [0.1, 0.15) is 0 Å². The van der Waals surface area contributed by atoms with Crippen LogP contribution in [0.2, 0.25) is 0 Å². The maximum atomic E-state index is 12.9. The molecule has 0 aromatic heterocycles. The second kappa shape index (κ2) is 7.54. The maximum Gasteiger partial charge on any atom is 0.224 e. The summed E-state index contributed by atoms with van der Waals surface area (Å²) in [5.41, 5.74) is 0.137. The van der Waals surface area contributed by atoms with Gasteiger partial charge in [0, 0.05) is 38.1 Å². The van der Waals surface area contributed by atoms with E-state index in [0.29, 0.717) is 11.8 Å². The number of amides is 1. The van der Waals surface area contributed by atoms with E-state index in [4.69, 9.17) is 4.74 Å². The fraction of sp³-hybridized carbons (Fsp3) is 0.941. The Bertz CT molecular complexity index is 379. The lowest BCUT2D eigenvalue weighted by atomic mass is 9.89. The summed E-state index contributed by atoms with van der Waals surface area (Å²) in [6, 6.07) is 0. The van der Waals surface area contributed by atoms with E-state index < -0.39 is 0 Å². The average molecular weight is 327 g/mol. The van der Waals surface area contributed by atoms with E-state index in [9.17, 15) is 4.79 Å². The average Bonchev–Trinajstić information content (AvgIpc) is 3.19. The second-order valence-corrected chi connectivity index (χ2v) is 8.07. The number of hydrogen-bond acceptors (Lipinski definition) is 4. The molecule has 0 radical (unpaired) electrons. The van der Waals surface area contributed by atoms with Gasteiger partial charge in [0.05, 0.1) is 13.2 Å². The summed E-state index contributed by atoms with van der Waals surface area (Å²) < 4.78 is 5.51. The number of hydrogen-bond donors (Lipinski definition) is 0. The molecule has 2 saturated heterocycles. The van der Waals surface area contributed by atoms with Crippen LogP contribution in [0.25, 0.3) is 0 Å². The topological polar surface area (TPSA) is 32.8 Å².